The van der Waals surface area contributed by atoms with E-state index < -0.39 is 15.4 Å². The molecule has 0 aliphatic carbocycles. The van der Waals surface area contributed by atoms with Crippen molar-refractivity contribution in [3.8, 4) is 0 Å². The first-order valence-electron chi connectivity index (χ1n) is 10.0. The van der Waals surface area contributed by atoms with Gasteiger partial charge in [-0.05, 0) is 25.7 Å². The molecule has 0 rings (SSSR count). The van der Waals surface area contributed by atoms with Gasteiger partial charge in [0, 0.05) is 5.25 Å². The van der Waals surface area contributed by atoms with Gasteiger partial charge in [-0.25, -0.2) is 8.42 Å². The van der Waals surface area contributed by atoms with Crippen LogP contribution in [0.15, 0.2) is 0 Å². The fourth-order valence-electron chi connectivity index (χ4n) is 3.10. The summed E-state index contributed by atoms with van der Waals surface area (Å²) in [5.74, 6) is 0. The predicted molar refractivity (Wildman–Crippen MR) is 100 cm³/mol. The van der Waals surface area contributed by atoms with E-state index in [1.54, 1.807) is 0 Å². The fourth-order valence-corrected chi connectivity index (χ4v) is 4.01. The largest absolute Gasteiger partial charge is 1.00 e. The van der Waals surface area contributed by atoms with Gasteiger partial charge >= 0.3 is 51.4 Å². The maximum atomic E-state index is 11.2. The number of hydrogen-bond donors (Lipinski definition) is 1. The summed E-state index contributed by atoms with van der Waals surface area (Å²) in [4.78, 5) is 0. The van der Waals surface area contributed by atoms with E-state index in [0.717, 1.165) is 70.6 Å². The Morgan fingerprint density at radius 3 is 1.60 bits per heavy atom. The Morgan fingerprint density at radius 2 is 1.12 bits per heavy atom. The van der Waals surface area contributed by atoms with Gasteiger partial charge in [-0.15, -0.1) is 0 Å². The second kappa shape index (κ2) is 18.9. The van der Waals surface area contributed by atoms with Crippen LogP contribution in [0.5, 0.6) is 0 Å². The average molecular weight is 403 g/mol. The maximum Gasteiger partial charge on any atom is 1.00 e. The molecule has 0 saturated carbocycles. The van der Waals surface area contributed by atoms with Gasteiger partial charge < -0.3 is 9.66 Å². The molecule has 25 heavy (non-hydrogen) atoms. The Morgan fingerprint density at radius 1 is 0.720 bits per heavy atom. The zero-order valence-electron chi connectivity index (χ0n) is 16.8. The molecule has 2 unspecified atom stereocenters. The van der Waals surface area contributed by atoms with Crippen molar-refractivity contribution in [3.63, 3.8) is 0 Å². The van der Waals surface area contributed by atoms with Gasteiger partial charge in [-0.3, -0.25) is 0 Å². The maximum absolute atomic E-state index is 11.2. The first-order chi connectivity index (χ1) is 11.4. The zero-order chi connectivity index (χ0) is 18.3. The van der Waals surface area contributed by atoms with Crippen LogP contribution in [0.25, 0.3) is 0 Å². The topological polar surface area (TPSA) is 77.4 Å². The first-order valence-corrected chi connectivity index (χ1v) is 11.5. The molecular formula is C19H39KO4S. The molecule has 1 N–H and O–H groups in total. The molecule has 0 saturated heterocycles. The van der Waals surface area contributed by atoms with Gasteiger partial charge in [0.15, 0.2) is 0 Å². The SMILES string of the molecule is CCCCCC(O)CCCCCCCCC(CCCC)S(=O)(=O)[O-].[K+]. The van der Waals surface area contributed by atoms with Crippen molar-refractivity contribution >= 4 is 10.1 Å². The molecule has 0 amide bonds. The summed E-state index contributed by atoms with van der Waals surface area (Å²) in [5.41, 5.74) is 0. The summed E-state index contributed by atoms with van der Waals surface area (Å²) in [5, 5.41) is 9.15. The molecule has 0 aliphatic rings. The van der Waals surface area contributed by atoms with E-state index in [9.17, 15) is 18.1 Å². The molecule has 0 aromatic heterocycles. The molecule has 146 valence electrons. The van der Waals surface area contributed by atoms with Gasteiger partial charge in [-0.2, -0.15) is 0 Å². The van der Waals surface area contributed by atoms with Crippen LogP contribution < -0.4 is 51.4 Å². The summed E-state index contributed by atoms with van der Waals surface area (Å²) < 4.78 is 33.7. The van der Waals surface area contributed by atoms with E-state index >= 15 is 0 Å². The Balaban J connectivity index is 0. The predicted octanol–water partition coefficient (Wildman–Crippen LogP) is 2.16. The molecule has 2 atom stereocenters. The van der Waals surface area contributed by atoms with Crippen molar-refractivity contribution in [2.45, 2.75) is 122 Å². The van der Waals surface area contributed by atoms with E-state index in [1.807, 2.05) is 6.92 Å². The quantitative estimate of drug-likeness (QED) is 0.230. The Kier molecular flexibility index (Phi) is 21.7. The van der Waals surface area contributed by atoms with Gasteiger partial charge in [0.25, 0.3) is 0 Å². The number of rotatable bonds is 17. The minimum atomic E-state index is -4.14. The smallest absolute Gasteiger partial charge is 0.748 e. The Labute approximate surface area is 199 Å². The van der Waals surface area contributed by atoms with Crippen LogP contribution in [0.1, 0.15) is 110 Å². The molecule has 0 bridgehead atoms. The van der Waals surface area contributed by atoms with E-state index in [2.05, 4.69) is 6.92 Å². The standard InChI is InChI=1S/C19H40O4S.K/c1-3-5-11-14-18(20)15-12-9-7-8-10-13-17-19(16-6-4-2)24(21,22)23;/h18-20H,3-17H2,1-2H3,(H,21,22,23);/q;+1/p-1. The molecule has 6 heteroatoms. The second-order valence-electron chi connectivity index (χ2n) is 7.11. The van der Waals surface area contributed by atoms with Crippen molar-refractivity contribution < 1.29 is 69.5 Å². The molecule has 0 spiro atoms. The molecule has 0 heterocycles. The van der Waals surface area contributed by atoms with Gasteiger partial charge in [0.1, 0.15) is 0 Å². The first kappa shape index (κ1) is 28.7. The summed E-state index contributed by atoms with van der Waals surface area (Å²) in [6.45, 7) is 4.18. The zero-order valence-corrected chi connectivity index (χ0v) is 20.8. The number of aliphatic hydroxyl groups is 1. The van der Waals surface area contributed by atoms with E-state index in [4.69, 9.17) is 0 Å². The van der Waals surface area contributed by atoms with E-state index in [1.165, 1.54) is 12.8 Å². The third-order valence-electron chi connectivity index (χ3n) is 4.74. The van der Waals surface area contributed by atoms with E-state index in [0.29, 0.717) is 12.8 Å². The van der Waals surface area contributed by atoms with Crippen molar-refractivity contribution in [2.75, 3.05) is 0 Å². The number of aliphatic hydroxyl groups excluding tert-OH is 1. The summed E-state index contributed by atoms with van der Waals surface area (Å²) in [6, 6.07) is 0. The van der Waals surface area contributed by atoms with E-state index in [-0.39, 0.29) is 57.5 Å². The average Bonchev–Trinajstić information content (AvgIpc) is 2.51. The molecule has 4 nitrogen and oxygen atoms in total. The van der Waals surface area contributed by atoms with Crippen LogP contribution in [-0.2, 0) is 10.1 Å². The molecule has 0 aromatic carbocycles. The number of hydrogen-bond acceptors (Lipinski definition) is 4. The summed E-state index contributed by atoms with van der Waals surface area (Å²) in [7, 11) is -4.14. The molecule has 0 aromatic rings. The molecule has 0 aliphatic heterocycles. The van der Waals surface area contributed by atoms with Crippen LogP contribution in [0.2, 0.25) is 0 Å². The minimum absolute atomic E-state index is 0. The van der Waals surface area contributed by atoms with Gasteiger partial charge in [-0.1, -0.05) is 84.5 Å². The van der Waals surface area contributed by atoms with Crippen LogP contribution in [0, 0.1) is 0 Å². The molecule has 0 fully saturated rings. The van der Waals surface area contributed by atoms with Crippen LogP contribution in [-0.4, -0.2) is 29.4 Å². The van der Waals surface area contributed by atoms with Crippen molar-refractivity contribution in [3.05, 3.63) is 0 Å². The normalized spacial score (nSPS) is 14.1. The minimum Gasteiger partial charge on any atom is -0.748 e. The van der Waals surface area contributed by atoms with Crippen molar-refractivity contribution in [1.82, 2.24) is 0 Å². The summed E-state index contributed by atoms with van der Waals surface area (Å²) in [6.07, 6.45) is 14.2. The van der Waals surface area contributed by atoms with Crippen LogP contribution in [0.4, 0.5) is 0 Å². The van der Waals surface area contributed by atoms with Gasteiger partial charge in [0.2, 0.25) is 0 Å². The Hall–Kier alpha value is 1.51. The molecule has 0 radical (unpaired) electrons. The Bertz CT molecular complexity index is 374. The van der Waals surface area contributed by atoms with Crippen molar-refractivity contribution in [1.29, 1.82) is 0 Å². The molecular weight excluding hydrogens is 363 g/mol. The van der Waals surface area contributed by atoms with Crippen molar-refractivity contribution in [2.24, 2.45) is 0 Å². The monoisotopic (exact) mass is 402 g/mol. The second-order valence-corrected chi connectivity index (χ2v) is 8.76. The van der Waals surface area contributed by atoms with Crippen LogP contribution in [0.3, 0.4) is 0 Å². The summed E-state index contributed by atoms with van der Waals surface area (Å²) >= 11 is 0. The third kappa shape index (κ3) is 18.6. The van der Waals surface area contributed by atoms with Gasteiger partial charge in [0.05, 0.1) is 16.2 Å². The third-order valence-corrected chi connectivity index (χ3v) is 6.03. The fraction of sp³-hybridized carbons (Fsp3) is 1.00. The van der Waals surface area contributed by atoms with Crippen LogP contribution >= 0.6 is 0 Å². The number of unbranched alkanes of at least 4 members (excludes halogenated alkanes) is 8.